The van der Waals surface area contributed by atoms with Gasteiger partial charge in [-0.3, -0.25) is 9.59 Å². The smallest absolute Gasteiger partial charge is 0.322 e. The molecule has 0 aliphatic heterocycles. The predicted octanol–water partition coefficient (Wildman–Crippen LogP) is 2.00. The first-order valence-electron chi connectivity index (χ1n) is 11.5. The standard InChI is InChI=1S/C22H37N7O3/c1-28(2)18(30)14-8-6-10-16(12-14)23-20-25-21(27-22(26-20)32-5)24-17-11-7-9-15(13-17)19(31)29(3)4/h14-17H,6-13H2,1-5H3,(H2,23,24,25,26,27). The SMILES string of the molecule is COc1nc(NC2CCCC(C(=O)N(C)C)C2)nc(NC2CCCC(C(=O)N(C)C)C2)n1. The Hall–Kier alpha value is -2.65. The van der Waals surface area contributed by atoms with E-state index in [4.69, 9.17) is 4.74 Å². The van der Waals surface area contributed by atoms with E-state index in [0.717, 1.165) is 51.4 Å². The number of rotatable bonds is 7. The lowest BCUT2D eigenvalue weighted by molar-refractivity contribution is -0.134. The van der Waals surface area contributed by atoms with E-state index in [-0.39, 0.29) is 41.7 Å². The lowest BCUT2D eigenvalue weighted by Gasteiger charge is -2.31. The molecule has 3 rings (SSSR count). The van der Waals surface area contributed by atoms with E-state index in [1.807, 2.05) is 0 Å². The van der Waals surface area contributed by atoms with Crippen molar-refractivity contribution in [3.8, 4) is 6.01 Å². The highest BCUT2D eigenvalue weighted by molar-refractivity contribution is 5.79. The lowest BCUT2D eigenvalue weighted by atomic mass is 9.85. The Labute approximate surface area is 190 Å². The molecule has 1 heterocycles. The van der Waals surface area contributed by atoms with Gasteiger partial charge in [0, 0.05) is 52.1 Å². The number of aromatic nitrogens is 3. The van der Waals surface area contributed by atoms with Gasteiger partial charge in [-0.25, -0.2) is 0 Å². The molecule has 2 aliphatic rings. The number of amides is 2. The Kier molecular flexibility index (Phi) is 8.09. The fraction of sp³-hybridized carbons (Fsp3) is 0.773. The number of methoxy groups -OCH3 is 1. The van der Waals surface area contributed by atoms with Gasteiger partial charge in [0.25, 0.3) is 0 Å². The summed E-state index contributed by atoms with van der Waals surface area (Å²) in [6.45, 7) is 0. The van der Waals surface area contributed by atoms with Crippen molar-refractivity contribution < 1.29 is 14.3 Å². The normalized spacial score (nSPS) is 25.5. The van der Waals surface area contributed by atoms with Gasteiger partial charge in [-0.1, -0.05) is 12.8 Å². The molecule has 2 fully saturated rings. The average molecular weight is 448 g/mol. The maximum atomic E-state index is 12.4. The highest BCUT2D eigenvalue weighted by atomic mass is 16.5. The van der Waals surface area contributed by atoms with Crippen molar-refractivity contribution in [1.82, 2.24) is 24.8 Å². The molecule has 1 aromatic rings. The molecule has 32 heavy (non-hydrogen) atoms. The molecule has 4 atom stereocenters. The highest BCUT2D eigenvalue weighted by Gasteiger charge is 2.30. The van der Waals surface area contributed by atoms with Gasteiger partial charge in [-0.15, -0.1) is 0 Å². The fourth-order valence-electron chi connectivity index (χ4n) is 4.76. The van der Waals surface area contributed by atoms with Crippen LogP contribution in [0.15, 0.2) is 0 Å². The van der Waals surface area contributed by atoms with E-state index in [9.17, 15) is 9.59 Å². The zero-order chi connectivity index (χ0) is 23.3. The molecule has 2 saturated carbocycles. The third-order valence-corrected chi connectivity index (χ3v) is 6.39. The predicted molar refractivity (Wildman–Crippen MR) is 123 cm³/mol. The number of nitrogens with one attached hydrogen (secondary N) is 2. The molecule has 0 bridgehead atoms. The van der Waals surface area contributed by atoms with E-state index in [1.54, 1.807) is 38.0 Å². The lowest BCUT2D eigenvalue weighted by Crippen LogP contribution is -2.37. The second-order valence-corrected chi connectivity index (χ2v) is 9.34. The molecule has 0 radical (unpaired) electrons. The van der Waals surface area contributed by atoms with Gasteiger partial charge >= 0.3 is 6.01 Å². The van der Waals surface area contributed by atoms with Gasteiger partial charge < -0.3 is 25.2 Å². The molecule has 1 aromatic heterocycles. The van der Waals surface area contributed by atoms with E-state index < -0.39 is 0 Å². The minimum atomic E-state index is 0.0194. The van der Waals surface area contributed by atoms with Gasteiger partial charge in [0.15, 0.2) is 0 Å². The van der Waals surface area contributed by atoms with Crippen LogP contribution >= 0.6 is 0 Å². The van der Waals surface area contributed by atoms with Gasteiger partial charge in [0.1, 0.15) is 0 Å². The maximum Gasteiger partial charge on any atom is 0.322 e. The summed E-state index contributed by atoms with van der Waals surface area (Å²) in [6.07, 6.45) is 7.23. The first-order valence-corrected chi connectivity index (χ1v) is 11.5. The molecule has 0 aromatic carbocycles. The van der Waals surface area contributed by atoms with Crippen LogP contribution in [-0.2, 0) is 9.59 Å². The first kappa shape index (κ1) is 24.0. The molecule has 4 unspecified atom stereocenters. The minimum absolute atomic E-state index is 0.0194. The number of nitrogens with zero attached hydrogens (tertiary/aromatic N) is 5. The van der Waals surface area contributed by atoms with Crippen LogP contribution < -0.4 is 15.4 Å². The second-order valence-electron chi connectivity index (χ2n) is 9.34. The molecule has 178 valence electrons. The van der Waals surface area contributed by atoms with Crippen molar-refractivity contribution >= 4 is 23.7 Å². The number of carbonyl (C=O) groups is 2. The summed E-state index contributed by atoms with van der Waals surface area (Å²) in [4.78, 5) is 41.4. The Morgan fingerprint density at radius 3 is 1.59 bits per heavy atom. The summed E-state index contributed by atoms with van der Waals surface area (Å²) < 4.78 is 5.29. The van der Waals surface area contributed by atoms with Gasteiger partial charge in [0.2, 0.25) is 23.7 Å². The number of hydrogen-bond acceptors (Lipinski definition) is 8. The average Bonchev–Trinajstić information content (AvgIpc) is 2.78. The summed E-state index contributed by atoms with van der Waals surface area (Å²) in [7, 11) is 8.74. The van der Waals surface area contributed by atoms with Gasteiger partial charge in [-0.05, 0) is 38.5 Å². The topological polar surface area (TPSA) is 113 Å². The third kappa shape index (κ3) is 6.20. The van der Waals surface area contributed by atoms with Crippen LogP contribution in [0.2, 0.25) is 0 Å². The van der Waals surface area contributed by atoms with E-state index in [2.05, 4.69) is 25.6 Å². The molecule has 0 saturated heterocycles. The van der Waals surface area contributed by atoms with Crippen molar-refractivity contribution in [3.63, 3.8) is 0 Å². The van der Waals surface area contributed by atoms with Gasteiger partial charge in [-0.2, -0.15) is 15.0 Å². The highest BCUT2D eigenvalue weighted by Crippen LogP contribution is 2.29. The maximum absolute atomic E-state index is 12.4. The Bertz CT molecular complexity index is 741. The summed E-state index contributed by atoms with van der Waals surface area (Å²) in [5, 5.41) is 6.77. The second kappa shape index (κ2) is 10.8. The zero-order valence-corrected chi connectivity index (χ0v) is 19.9. The number of carbonyl (C=O) groups excluding carboxylic acids is 2. The van der Waals surface area contributed by atoms with E-state index in [0.29, 0.717) is 11.9 Å². The number of ether oxygens (including phenoxy) is 1. The fourth-order valence-corrected chi connectivity index (χ4v) is 4.76. The monoisotopic (exact) mass is 447 g/mol. The molecular formula is C22H37N7O3. The van der Waals surface area contributed by atoms with Crippen LogP contribution in [-0.4, -0.2) is 84.0 Å². The van der Waals surface area contributed by atoms with Crippen LogP contribution in [0.25, 0.3) is 0 Å². The third-order valence-electron chi connectivity index (χ3n) is 6.39. The Morgan fingerprint density at radius 1 is 0.781 bits per heavy atom. The Balaban J connectivity index is 1.66. The molecule has 10 heteroatoms. The van der Waals surface area contributed by atoms with E-state index >= 15 is 0 Å². The molecule has 2 amide bonds. The number of hydrogen-bond donors (Lipinski definition) is 2. The summed E-state index contributed by atoms with van der Waals surface area (Å²) >= 11 is 0. The first-order chi connectivity index (χ1) is 15.3. The summed E-state index contributed by atoms with van der Waals surface area (Å²) in [5.41, 5.74) is 0. The largest absolute Gasteiger partial charge is 0.467 e. The van der Waals surface area contributed by atoms with Crippen LogP contribution in [0.3, 0.4) is 0 Å². The summed E-state index contributed by atoms with van der Waals surface area (Å²) in [6, 6.07) is 0.474. The summed E-state index contributed by atoms with van der Waals surface area (Å²) in [5.74, 6) is 1.27. The van der Waals surface area contributed by atoms with Crippen molar-refractivity contribution in [1.29, 1.82) is 0 Å². The van der Waals surface area contributed by atoms with Crippen LogP contribution in [0.5, 0.6) is 6.01 Å². The van der Waals surface area contributed by atoms with Gasteiger partial charge in [0.05, 0.1) is 7.11 Å². The van der Waals surface area contributed by atoms with Crippen LogP contribution in [0.4, 0.5) is 11.9 Å². The van der Waals surface area contributed by atoms with Crippen LogP contribution in [0.1, 0.15) is 51.4 Å². The molecule has 2 aliphatic carbocycles. The Morgan fingerprint density at radius 2 is 1.22 bits per heavy atom. The zero-order valence-electron chi connectivity index (χ0n) is 19.9. The molecular weight excluding hydrogens is 410 g/mol. The van der Waals surface area contributed by atoms with Crippen molar-refractivity contribution in [2.45, 2.75) is 63.5 Å². The molecule has 10 nitrogen and oxygen atoms in total. The molecule has 2 N–H and O–H groups in total. The quantitative estimate of drug-likeness (QED) is 0.653. The minimum Gasteiger partial charge on any atom is -0.467 e. The van der Waals surface area contributed by atoms with Crippen molar-refractivity contribution in [3.05, 3.63) is 0 Å². The molecule has 0 spiro atoms. The van der Waals surface area contributed by atoms with Crippen molar-refractivity contribution in [2.75, 3.05) is 45.9 Å². The van der Waals surface area contributed by atoms with E-state index in [1.165, 1.54) is 7.11 Å². The van der Waals surface area contributed by atoms with Crippen LogP contribution in [0, 0.1) is 11.8 Å². The number of anilines is 2. The van der Waals surface area contributed by atoms with Crippen molar-refractivity contribution in [2.24, 2.45) is 11.8 Å².